The summed E-state index contributed by atoms with van der Waals surface area (Å²) >= 11 is 4.53. The molecule has 0 spiro atoms. The lowest BCUT2D eigenvalue weighted by molar-refractivity contribution is 0.862. The van der Waals surface area contributed by atoms with Crippen molar-refractivity contribution in [3.63, 3.8) is 0 Å². The maximum absolute atomic E-state index is 4.53. The molecule has 19 heavy (non-hydrogen) atoms. The van der Waals surface area contributed by atoms with Crippen molar-refractivity contribution in [2.75, 3.05) is 5.32 Å². The molecule has 4 heteroatoms. The summed E-state index contributed by atoms with van der Waals surface area (Å²) in [5.41, 5.74) is 4.11. The summed E-state index contributed by atoms with van der Waals surface area (Å²) in [7, 11) is 0. The van der Waals surface area contributed by atoms with Gasteiger partial charge in [0.25, 0.3) is 0 Å². The molecule has 0 saturated heterocycles. The van der Waals surface area contributed by atoms with Crippen molar-refractivity contribution in [3.8, 4) is 0 Å². The summed E-state index contributed by atoms with van der Waals surface area (Å²) in [6, 6.07) is 8.17. The molecule has 0 aliphatic heterocycles. The Morgan fingerprint density at radius 2 is 1.68 bits per heavy atom. The zero-order valence-electron chi connectivity index (χ0n) is 11.7. The Balaban J connectivity index is 2.28. The molecule has 0 aliphatic carbocycles. The fraction of sp³-hybridized carbons (Fsp3) is 0.333. The van der Waals surface area contributed by atoms with Gasteiger partial charge in [-0.05, 0) is 43.5 Å². The highest BCUT2D eigenvalue weighted by Crippen LogP contribution is 2.26. The van der Waals surface area contributed by atoms with Crippen LogP contribution in [0.2, 0.25) is 0 Å². The van der Waals surface area contributed by atoms with Crippen LogP contribution in [0.1, 0.15) is 36.7 Å². The van der Waals surface area contributed by atoms with E-state index in [-0.39, 0.29) is 0 Å². The Hall–Kier alpha value is -1.55. The van der Waals surface area contributed by atoms with E-state index in [0.29, 0.717) is 11.9 Å². The summed E-state index contributed by atoms with van der Waals surface area (Å²) in [5, 5.41) is 3.22. The predicted molar refractivity (Wildman–Crippen MR) is 82.6 cm³/mol. The van der Waals surface area contributed by atoms with Crippen molar-refractivity contribution in [2.45, 2.75) is 38.5 Å². The first-order chi connectivity index (χ1) is 8.95. The van der Waals surface area contributed by atoms with E-state index < -0.39 is 0 Å². The molecule has 0 atom stereocenters. The summed E-state index contributed by atoms with van der Waals surface area (Å²) in [5.74, 6) is 1.11. The van der Waals surface area contributed by atoms with Crippen LogP contribution >= 0.6 is 12.6 Å². The number of benzene rings is 1. The average molecular weight is 273 g/mol. The van der Waals surface area contributed by atoms with Gasteiger partial charge in [0, 0.05) is 16.3 Å². The van der Waals surface area contributed by atoms with Crippen LogP contribution in [0.3, 0.4) is 0 Å². The van der Waals surface area contributed by atoms with Crippen LogP contribution < -0.4 is 5.32 Å². The second-order valence-corrected chi connectivity index (χ2v) is 5.51. The number of hydrogen-bond acceptors (Lipinski definition) is 4. The van der Waals surface area contributed by atoms with E-state index in [2.05, 4.69) is 53.9 Å². The Labute approximate surface area is 119 Å². The predicted octanol–water partition coefficient (Wildman–Crippen LogP) is 4.25. The molecule has 100 valence electrons. The molecule has 1 aromatic heterocycles. The molecule has 0 amide bonds. The number of hydrogen-bond donors (Lipinski definition) is 2. The molecule has 0 saturated carbocycles. The van der Waals surface area contributed by atoms with E-state index >= 15 is 0 Å². The number of rotatable bonds is 3. The van der Waals surface area contributed by atoms with Crippen molar-refractivity contribution in [1.82, 2.24) is 9.97 Å². The quantitative estimate of drug-likeness (QED) is 0.821. The van der Waals surface area contributed by atoms with Gasteiger partial charge in [-0.1, -0.05) is 19.9 Å². The largest absolute Gasteiger partial charge is 0.323 e. The van der Waals surface area contributed by atoms with Crippen molar-refractivity contribution >= 4 is 24.3 Å². The molecule has 0 radical (unpaired) electrons. The molecule has 1 heterocycles. The van der Waals surface area contributed by atoms with Crippen LogP contribution in [-0.4, -0.2) is 9.97 Å². The third-order valence-corrected chi connectivity index (χ3v) is 3.29. The number of nitrogens with zero attached hydrogens (tertiary/aromatic N) is 2. The SMILES string of the molecule is Cc1cc(C)nc(Nc2ccc(C(C)C)cc2S)n1. The second-order valence-electron chi connectivity index (χ2n) is 5.03. The first kappa shape index (κ1) is 13.9. The van der Waals surface area contributed by atoms with Gasteiger partial charge in [-0.25, -0.2) is 9.97 Å². The van der Waals surface area contributed by atoms with Gasteiger partial charge < -0.3 is 5.32 Å². The van der Waals surface area contributed by atoms with Crippen LogP contribution in [-0.2, 0) is 0 Å². The molecule has 1 N–H and O–H groups in total. The van der Waals surface area contributed by atoms with Crippen LogP contribution in [0.25, 0.3) is 0 Å². The fourth-order valence-corrected chi connectivity index (χ4v) is 2.20. The molecule has 0 aliphatic rings. The van der Waals surface area contributed by atoms with Gasteiger partial charge in [0.05, 0.1) is 5.69 Å². The lowest BCUT2D eigenvalue weighted by Crippen LogP contribution is -2.01. The van der Waals surface area contributed by atoms with E-state index in [1.54, 1.807) is 0 Å². The average Bonchev–Trinajstić information content (AvgIpc) is 2.30. The van der Waals surface area contributed by atoms with E-state index in [1.807, 2.05) is 26.0 Å². The Kier molecular flexibility index (Phi) is 4.10. The van der Waals surface area contributed by atoms with Crippen molar-refractivity contribution in [3.05, 3.63) is 41.2 Å². The lowest BCUT2D eigenvalue weighted by Gasteiger charge is -2.12. The Morgan fingerprint density at radius 1 is 1.05 bits per heavy atom. The van der Waals surface area contributed by atoms with Crippen LogP contribution in [0.4, 0.5) is 11.6 Å². The van der Waals surface area contributed by atoms with E-state index in [9.17, 15) is 0 Å². The van der Waals surface area contributed by atoms with Gasteiger partial charge in [-0.2, -0.15) is 0 Å². The van der Waals surface area contributed by atoms with Gasteiger partial charge in [-0.15, -0.1) is 12.6 Å². The van der Waals surface area contributed by atoms with Gasteiger partial charge in [0.1, 0.15) is 0 Å². The Bertz CT molecular complexity index is 574. The highest BCUT2D eigenvalue weighted by Gasteiger charge is 2.06. The summed E-state index contributed by atoms with van der Waals surface area (Å²) in [6.45, 7) is 8.26. The standard InChI is InChI=1S/C15H19N3S/c1-9(2)12-5-6-13(14(19)8-12)18-15-16-10(3)7-11(4)17-15/h5-9,19H,1-4H3,(H,16,17,18). The molecule has 3 nitrogen and oxygen atoms in total. The third kappa shape index (κ3) is 3.47. The first-order valence-electron chi connectivity index (χ1n) is 6.38. The van der Waals surface area contributed by atoms with Crippen molar-refractivity contribution in [1.29, 1.82) is 0 Å². The Morgan fingerprint density at radius 3 is 2.21 bits per heavy atom. The molecule has 0 unspecified atom stereocenters. The number of aromatic nitrogens is 2. The van der Waals surface area contributed by atoms with E-state index in [1.165, 1.54) is 5.56 Å². The monoisotopic (exact) mass is 273 g/mol. The van der Waals surface area contributed by atoms with Crippen LogP contribution in [0.5, 0.6) is 0 Å². The van der Waals surface area contributed by atoms with Gasteiger partial charge >= 0.3 is 0 Å². The van der Waals surface area contributed by atoms with Crippen molar-refractivity contribution < 1.29 is 0 Å². The fourth-order valence-electron chi connectivity index (χ4n) is 1.92. The highest BCUT2D eigenvalue weighted by molar-refractivity contribution is 7.80. The zero-order chi connectivity index (χ0) is 14.0. The van der Waals surface area contributed by atoms with Crippen molar-refractivity contribution in [2.24, 2.45) is 0 Å². The van der Waals surface area contributed by atoms with Gasteiger partial charge in [-0.3, -0.25) is 0 Å². The normalized spacial score (nSPS) is 10.8. The summed E-state index contributed by atoms with van der Waals surface area (Å²) in [6.07, 6.45) is 0. The van der Waals surface area contributed by atoms with Gasteiger partial charge in [0.15, 0.2) is 0 Å². The number of anilines is 2. The molecule has 2 rings (SSSR count). The minimum Gasteiger partial charge on any atom is -0.323 e. The maximum atomic E-state index is 4.53. The topological polar surface area (TPSA) is 37.8 Å². The molecule has 2 aromatic rings. The van der Waals surface area contributed by atoms with Gasteiger partial charge in [0.2, 0.25) is 5.95 Å². The molecule has 0 bridgehead atoms. The summed E-state index contributed by atoms with van der Waals surface area (Å²) in [4.78, 5) is 9.65. The second kappa shape index (κ2) is 5.61. The molecular formula is C15H19N3S. The minimum atomic E-state index is 0.498. The number of nitrogens with one attached hydrogen (secondary N) is 1. The smallest absolute Gasteiger partial charge is 0.227 e. The minimum absolute atomic E-state index is 0.498. The van der Waals surface area contributed by atoms with E-state index in [0.717, 1.165) is 22.0 Å². The number of aryl methyl sites for hydroxylation is 2. The highest BCUT2D eigenvalue weighted by atomic mass is 32.1. The van der Waals surface area contributed by atoms with Crippen LogP contribution in [0.15, 0.2) is 29.2 Å². The molecule has 1 aromatic carbocycles. The maximum Gasteiger partial charge on any atom is 0.227 e. The molecule has 0 fully saturated rings. The first-order valence-corrected chi connectivity index (χ1v) is 6.82. The number of thiol groups is 1. The third-order valence-electron chi connectivity index (χ3n) is 2.92. The molecular weight excluding hydrogens is 254 g/mol. The zero-order valence-corrected chi connectivity index (χ0v) is 12.6. The van der Waals surface area contributed by atoms with Crippen LogP contribution in [0, 0.1) is 13.8 Å². The van der Waals surface area contributed by atoms with E-state index in [4.69, 9.17) is 0 Å². The summed E-state index contributed by atoms with van der Waals surface area (Å²) < 4.78 is 0. The lowest BCUT2D eigenvalue weighted by atomic mass is 10.0.